The molecule has 3 saturated heterocycles. The predicted molar refractivity (Wildman–Crippen MR) is 36.6 cm³/mol. The summed E-state index contributed by atoms with van der Waals surface area (Å²) in [5.74, 6) is 0. The molecule has 4 atom stereocenters. The number of nitrogens with zero attached hydrogens (tertiary/aromatic N) is 1. The van der Waals surface area contributed by atoms with E-state index in [4.69, 9.17) is 10.5 Å². The van der Waals surface area contributed by atoms with Crippen LogP contribution in [-0.2, 0) is 4.74 Å². The molecule has 3 heterocycles. The van der Waals surface area contributed by atoms with Gasteiger partial charge in [-0.25, -0.2) is 0 Å². The maximum atomic E-state index is 5.94. The van der Waals surface area contributed by atoms with E-state index in [0.29, 0.717) is 24.3 Å². The Morgan fingerprint density at radius 2 is 2.30 bits per heavy atom. The van der Waals surface area contributed by atoms with Crippen molar-refractivity contribution in [1.82, 2.24) is 4.90 Å². The zero-order valence-electron chi connectivity index (χ0n) is 5.86. The van der Waals surface area contributed by atoms with Gasteiger partial charge in [0.1, 0.15) is 0 Å². The SMILES string of the molecule is N[C@H]1[C@H]2[C@@H]3CCN2C[C@H]1O3. The van der Waals surface area contributed by atoms with Gasteiger partial charge in [-0.1, -0.05) is 0 Å². The van der Waals surface area contributed by atoms with Crippen molar-refractivity contribution in [1.29, 1.82) is 0 Å². The van der Waals surface area contributed by atoms with E-state index in [-0.39, 0.29) is 0 Å². The highest BCUT2D eigenvalue weighted by atomic mass is 16.5. The zero-order valence-corrected chi connectivity index (χ0v) is 5.86. The summed E-state index contributed by atoms with van der Waals surface area (Å²) >= 11 is 0. The predicted octanol–water partition coefficient (Wildman–Crippen LogP) is -0.831. The minimum absolute atomic E-state index is 0.312. The topological polar surface area (TPSA) is 38.5 Å². The highest BCUT2D eigenvalue weighted by Gasteiger charge is 2.55. The molecule has 0 spiro atoms. The van der Waals surface area contributed by atoms with Crippen molar-refractivity contribution < 1.29 is 4.74 Å². The molecule has 3 rings (SSSR count). The summed E-state index contributed by atoms with van der Waals surface area (Å²) < 4.78 is 5.70. The lowest BCUT2D eigenvalue weighted by atomic mass is 10.1. The molecular weight excluding hydrogens is 128 g/mol. The fraction of sp³-hybridized carbons (Fsp3) is 1.00. The second-order valence-corrected chi connectivity index (χ2v) is 3.56. The lowest BCUT2D eigenvalue weighted by molar-refractivity contribution is 0.00885. The van der Waals surface area contributed by atoms with Crippen molar-refractivity contribution in [3.63, 3.8) is 0 Å². The van der Waals surface area contributed by atoms with Gasteiger partial charge in [0, 0.05) is 13.1 Å². The standard InChI is InChI=1S/C7H12N2O/c8-6-5-3-9-2-1-4(10-5)7(6)9/h4-7H,1-3,8H2/t4-,5+,6+,7+/m0/s1. The Bertz CT molecular complexity index is 156. The van der Waals surface area contributed by atoms with E-state index in [2.05, 4.69) is 4.90 Å². The molecular formula is C7H12N2O. The highest BCUT2D eigenvalue weighted by molar-refractivity contribution is 5.10. The van der Waals surface area contributed by atoms with Crippen molar-refractivity contribution in [2.45, 2.75) is 30.7 Å². The molecule has 0 aromatic heterocycles. The molecule has 0 unspecified atom stereocenters. The van der Waals surface area contributed by atoms with Crippen LogP contribution in [-0.4, -0.2) is 42.3 Å². The largest absolute Gasteiger partial charge is 0.370 e. The van der Waals surface area contributed by atoms with E-state index in [9.17, 15) is 0 Å². The highest BCUT2D eigenvalue weighted by Crippen LogP contribution is 2.38. The molecule has 3 fully saturated rings. The number of ether oxygens (including phenoxy) is 1. The van der Waals surface area contributed by atoms with Crippen LogP contribution in [0.25, 0.3) is 0 Å². The third-order valence-electron chi connectivity index (χ3n) is 3.09. The maximum Gasteiger partial charge on any atom is 0.0873 e. The van der Waals surface area contributed by atoms with Gasteiger partial charge in [-0.05, 0) is 6.42 Å². The number of fused-ring (bicyclic) bond motifs is 1. The fourth-order valence-corrected chi connectivity index (χ4v) is 2.63. The van der Waals surface area contributed by atoms with Crippen molar-refractivity contribution in [3.05, 3.63) is 0 Å². The van der Waals surface area contributed by atoms with Crippen molar-refractivity contribution in [3.8, 4) is 0 Å². The number of nitrogens with two attached hydrogens (primary N) is 1. The summed E-state index contributed by atoms with van der Waals surface area (Å²) in [6.07, 6.45) is 2.04. The molecule has 3 aliphatic heterocycles. The van der Waals surface area contributed by atoms with Crippen LogP contribution in [0, 0.1) is 0 Å². The molecule has 3 heteroatoms. The molecule has 0 aromatic carbocycles. The Morgan fingerprint density at radius 3 is 2.90 bits per heavy atom. The van der Waals surface area contributed by atoms with Crippen molar-refractivity contribution in [2.24, 2.45) is 5.73 Å². The molecule has 3 nitrogen and oxygen atoms in total. The Kier molecular flexibility index (Phi) is 0.854. The smallest absolute Gasteiger partial charge is 0.0873 e. The third kappa shape index (κ3) is 0.447. The third-order valence-corrected chi connectivity index (χ3v) is 3.09. The summed E-state index contributed by atoms with van der Waals surface area (Å²) in [4.78, 5) is 2.48. The van der Waals surface area contributed by atoms with Crippen LogP contribution < -0.4 is 5.73 Å². The summed E-state index contributed by atoms with van der Waals surface area (Å²) in [5, 5.41) is 0. The van der Waals surface area contributed by atoms with Crippen molar-refractivity contribution >= 4 is 0 Å². The first kappa shape index (κ1) is 5.52. The average Bonchev–Trinajstić information content (AvgIpc) is 2.44. The van der Waals surface area contributed by atoms with E-state index in [1.165, 1.54) is 13.0 Å². The van der Waals surface area contributed by atoms with E-state index in [1.54, 1.807) is 0 Å². The molecule has 3 aliphatic rings. The van der Waals surface area contributed by atoms with Crippen LogP contribution in [0.15, 0.2) is 0 Å². The lowest BCUT2D eigenvalue weighted by Crippen LogP contribution is -2.38. The van der Waals surface area contributed by atoms with E-state index < -0.39 is 0 Å². The second-order valence-electron chi connectivity index (χ2n) is 3.56. The monoisotopic (exact) mass is 140 g/mol. The molecule has 0 amide bonds. The molecule has 0 aromatic rings. The Labute approximate surface area is 60.1 Å². The fourth-order valence-electron chi connectivity index (χ4n) is 2.63. The Morgan fingerprint density at radius 1 is 1.40 bits per heavy atom. The summed E-state index contributed by atoms with van der Waals surface area (Å²) in [6.45, 7) is 2.29. The minimum atomic E-state index is 0.312. The Balaban J connectivity index is 2.01. The van der Waals surface area contributed by atoms with E-state index in [1.807, 2.05) is 0 Å². The molecule has 2 N–H and O–H groups in total. The van der Waals surface area contributed by atoms with Gasteiger partial charge in [0.05, 0.1) is 24.3 Å². The van der Waals surface area contributed by atoms with Gasteiger partial charge >= 0.3 is 0 Å². The number of hydrogen-bond acceptors (Lipinski definition) is 3. The molecule has 56 valence electrons. The summed E-state index contributed by atoms with van der Waals surface area (Å²) in [7, 11) is 0. The average molecular weight is 140 g/mol. The summed E-state index contributed by atoms with van der Waals surface area (Å²) in [5.41, 5.74) is 5.94. The Hall–Kier alpha value is -0.120. The van der Waals surface area contributed by atoms with Gasteiger partial charge < -0.3 is 10.5 Å². The van der Waals surface area contributed by atoms with Crippen LogP contribution in [0.2, 0.25) is 0 Å². The first-order chi connectivity index (χ1) is 4.86. The van der Waals surface area contributed by atoms with Crippen LogP contribution in [0.5, 0.6) is 0 Å². The van der Waals surface area contributed by atoms with Crippen LogP contribution in [0.1, 0.15) is 6.42 Å². The quantitative estimate of drug-likeness (QED) is 0.477. The molecule has 0 saturated carbocycles. The number of rotatable bonds is 0. The minimum Gasteiger partial charge on any atom is -0.370 e. The van der Waals surface area contributed by atoms with Gasteiger partial charge in [0.25, 0.3) is 0 Å². The van der Waals surface area contributed by atoms with E-state index >= 15 is 0 Å². The van der Waals surface area contributed by atoms with Gasteiger partial charge in [0.15, 0.2) is 0 Å². The summed E-state index contributed by atoms with van der Waals surface area (Å²) in [6, 6.07) is 0.887. The first-order valence-corrected chi connectivity index (χ1v) is 4.01. The number of hydrogen-bond donors (Lipinski definition) is 1. The van der Waals surface area contributed by atoms with Gasteiger partial charge in [-0.3, -0.25) is 4.90 Å². The molecule has 0 aliphatic carbocycles. The van der Waals surface area contributed by atoms with Gasteiger partial charge in [-0.15, -0.1) is 0 Å². The van der Waals surface area contributed by atoms with E-state index in [0.717, 1.165) is 6.54 Å². The lowest BCUT2D eigenvalue weighted by Gasteiger charge is -2.21. The molecule has 10 heavy (non-hydrogen) atoms. The first-order valence-electron chi connectivity index (χ1n) is 4.01. The zero-order chi connectivity index (χ0) is 6.72. The maximum absolute atomic E-state index is 5.94. The van der Waals surface area contributed by atoms with Crippen molar-refractivity contribution in [2.75, 3.05) is 13.1 Å². The number of morpholine rings is 1. The van der Waals surface area contributed by atoms with Gasteiger partial charge in [-0.2, -0.15) is 0 Å². The normalized spacial score (nSPS) is 58.5. The van der Waals surface area contributed by atoms with Crippen LogP contribution in [0.4, 0.5) is 0 Å². The molecule has 0 radical (unpaired) electrons. The molecule has 2 bridgehead atoms. The second kappa shape index (κ2) is 1.55. The van der Waals surface area contributed by atoms with Crippen LogP contribution in [0.3, 0.4) is 0 Å². The van der Waals surface area contributed by atoms with Crippen LogP contribution >= 0.6 is 0 Å². The van der Waals surface area contributed by atoms with Gasteiger partial charge in [0.2, 0.25) is 0 Å².